The van der Waals surface area contributed by atoms with Crippen LogP contribution >= 0.6 is 0 Å². The van der Waals surface area contributed by atoms with Crippen molar-refractivity contribution in [2.24, 2.45) is 0 Å². The molecular formula is C19H30N2O. The van der Waals surface area contributed by atoms with Gasteiger partial charge in [-0.05, 0) is 32.3 Å². The second-order valence-electron chi connectivity index (χ2n) is 6.70. The third kappa shape index (κ3) is 5.80. The lowest BCUT2D eigenvalue weighted by molar-refractivity contribution is -0.122. The fourth-order valence-electron chi connectivity index (χ4n) is 3.13. The first-order chi connectivity index (χ1) is 10.6. The first kappa shape index (κ1) is 17.0. The summed E-state index contributed by atoms with van der Waals surface area (Å²) in [5.74, 6) is 0.214. The normalized spacial score (nSPS) is 16.2. The van der Waals surface area contributed by atoms with Gasteiger partial charge in [0.2, 0.25) is 5.91 Å². The molecule has 22 heavy (non-hydrogen) atoms. The van der Waals surface area contributed by atoms with Crippen molar-refractivity contribution in [3.63, 3.8) is 0 Å². The predicted molar refractivity (Wildman–Crippen MR) is 91.6 cm³/mol. The van der Waals surface area contributed by atoms with Crippen molar-refractivity contribution in [2.45, 2.75) is 71.0 Å². The molecule has 0 aromatic heterocycles. The molecule has 1 aromatic carbocycles. The van der Waals surface area contributed by atoms with E-state index in [1.54, 1.807) is 0 Å². The summed E-state index contributed by atoms with van der Waals surface area (Å²) in [7, 11) is 0. The summed E-state index contributed by atoms with van der Waals surface area (Å²) in [6.45, 7) is 6.13. The van der Waals surface area contributed by atoms with E-state index in [0.29, 0.717) is 18.5 Å². The summed E-state index contributed by atoms with van der Waals surface area (Å²) >= 11 is 0. The largest absolute Gasteiger partial charge is 0.353 e. The van der Waals surface area contributed by atoms with E-state index in [-0.39, 0.29) is 5.91 Å². The first-order valence-corrected chi connectivity index (χ1v) is 8.72. The third-order valence-corrected chi connectivity index (χ3v) is 4.56. The van der Waals surface area contributed by atoms with Crippen LogP contribution in [0.2, 0.25) is 0 Å². The quantitative estimate of drug-likeness (QED) is 0.832. The fourth-order valence-corrected chi connectivity index (χ4v) is 3.13. The lowest BCUT2D eigenvalue weighted by Crippen LogP contribution is -2.39. The maximum atomic E-state index is 12.2. The second-order valence-corrected chi connectivity index (χ2v) is 6.70. The number of nitrogens with zero attached hydrogens (tertiary/aromatic N) is 1. The Bertz CT molecular complexity index is 438. The van der Waals surface area contributed by atoms with E-state index >= 15 is 0 Å². The van der Waals surface area contributed by atoms with Crippen LogP contribution in [0.4, 0.5) is 0 Å². The van der Waals surface area contributed by atoms with Crippen LogP contribution < -0.4 is 5.32 Å². The number of nitrogens with one attached hydrogen (secondary N) is 1. The van der Waals surface area contributed by atoms with Gasteiger partial charge >= 0.3 is 0 Å². The van der Waals surface area contributed by atoms with Crippen molar-refractivity contribution in [2.75, 3.05) is 6.54 Å². The Morgan fingerprint density at radius 1 is 1.18 bits per heavy atom. The smallest absolute Gasteiger partial charge is 0.221 e. The molecule has 122 valence electrons. The SMILES string of the molecule is CC(C)N(CCC(=O)NC1CCCCC1)Cc1ccccc1. The summed E-state index contributed by atoms with van der Waals surface area (Å²) < 4.78 is 0. The van der Waals surface area contributed by atoms with Crippen LogP contribution in [0.3, 0.4) is 0 Å². The molecule has 1 aliphatic carbocycles. The topological polar surface area (TPSA) is 32.3 Å². The third-order valence-electron chi connectivity index (χ3n) is 4.56. The highest BCUT2D eigenvalue weighted by atomic mass is 16.1. The standard InChI is InChI=1S/C19H30N2O/c1-16(2)21(15-17-9-5-3-6-10-17)14-13-19(22)20-18-11-7-4-8-12-18/h3,5-6,9-10,16,18H,4,7-8,11-15H2,1-2H3,(H,20,22). The maximum Gasteiger partial charge on any atom is 0.221 e. The molecule has 3 heteroatoms. The molecule has 1 amide bonds. The van der Waals surface area contributed by atoms with Gasteiger partial charge in [0.05, 0.1) is 0 Å². The average Bonchev–Trinajstić information content (AvgIpc) is 2.53. The zero-order valence-corrected chi connectivity index (χ0v) is 14.1. The van der Waals surface area contributed by atoms with Gasteiger partial charge in [0.15, 0.2) is 0 Å². The number of carbonyl (C=O) groups excluding carboxylic acids is 1. The molecule has 1 saturated carbocycles. The number of hydrogen-bond donors (Lipinski definition) is 1. The molecule has 0 bridgehead atoms. The fraction of sp³-hybridized carbons (Fsp3) is 0.632. The highest BCUT2D eigenvalue weighted by molar-refractivity contribution is 5.76. The molecular weight excluding hydrogens is 272 g/mol. The monoisotopic (exact) mass is 302 g/mol. The van der Waals surface area contributed by atoms with Gasteiger partial charge in [-0.25, -0.2) is 0 Å². The number of rotatable bonds is 7. The molecule has 0 spiro atoms. The van der Waals surface area contributed by atoms with E-state index in [1.165, 1.54) is 24.8 Å². The van der Waals surface area contributed by atoms with Gasteiger partial charge in [-0.3, -0.25) is 9.69 Å². The minimum absolute atomic E-state index is 0.214. The summed E-state index contributed by atoms with van der Waals surface area (Å²) in [6, 6.07) is 11.4. The molecule has 1 N–H and O–H groups in total. The second kappa shape index (κ2) is 8.94. The molecule has 0 saturated heterocycles. The lowest BCUT2D eigenvalue weighted by atomic mass is 9.95. The van der Waals surface area contributed by atoms with Crippen LogP contribution in [0.25, 0.3) is 0 Å². The summed E-state index contributed by atoms with van der Waals surface area (Å²) in [6.07, 6.45) is 6.76. The molecule has 1 aliphatic rings. The lowest BCUT2D eigenvalue weighted by Gasteiger charge is -2.27. The maximum absolute atomic E-state index is 12.2. The van der Waals surface area contributed by atoms with Gasteiger partial charge in [-0.1, -0.05) is 49.6 Å². The zero-order valence-electron chi connectivity index (χ0n) is 14.1. The van der Waals surface area contributed by atoms with Crippen LogP contribution in [0, 0.1) is 0 Å². The number of amides is 1. The summed E-state index contributed by atoms with van der Waals surface area (Å²) in [5.41, 5.74) is 1.31. The Morgan fingerprint density at radius 3 is 2.50 bits per heavy atom. The van der Waals surface area contributed by atoms with Crippen molar-refractivity contribution in [3.05, 3.63) is 35.9 Å². The molecule has 3 nitrogen and oxygen atoms in total. The molecule has 1 fully saturated rings. The predicted octanol–water partition coefficient (Wildman–Crippen LogP) is 3.74. The molecule has 0 atom stereocenters. The average molecular weight is 302 g/mol. The Hall–Kier alpha value is -1.35. The van der Waals surface area contributed by atoms with Gasteiger partial charge in [0.25, 0.3) is 0 Å². The van der Waals surface area contributed by atoms with E-state index in [9.17, 15) is 4.79 Å². The minimum atomic E-state index is 0.214. The van der Waals surface area contributed by atoms with Gasteiger partial charge in [0, 0.05) is 31.6 Å². The van der Waals surface area contributed by atoms with Crippen LogP contribution in [0.1, 0.15) is 57.9 Å². The van der Waals surface area contributed by atoms with Gasteiger partial charge in [-0.15, -0.1) is 0 Å². The summed E-state index contributed by atoms with van der Waals surface area (Å²) in [4.78, 5) is 14.5. The summed E-state index contributed by atoms with van der Waals surface area (Å²) in [5, 5.41) is 3.21. The molecule has 0 heterocycles. The van der Waals surface area contributed by atoms with E-state index in [0.717, 1.165) is 25.9 Å². The Balaban J connectivity index is 1.77. The number of benzene rings is 1. The zero-order chi connectivity index (χ0) is 15.8. The van der Waals surface area contributed by atoms with E-state index in [2.05, 4.69) is 48.3 Å². The van der Waals surface area contributed by atoms with E-state index in [4.69, 9.17) is 0 Å². The van der Waals surface area contributed by atoms with Gasteiger partial charge in [-0.2, -0.15) is 0 Å². The van der Waals surface area contributed by atoms with Crippen LogP contribution in [-0.4, -0.2) is 29.4 Å². The molecule has 0 unspecified atom stereocenters. The van der Waals surface area contributed by atoms with Gasteiger partial charge in [0.1, 0.15) is 0 Å². The van der Waals surface area contributed by atoms with Crippen LogP contribution in [0.5, 0.6) is 0 Å². The number of hydrogen-bond acceptors (Lipinski definition) is 2. The van der Waals surface area contributed by atoms with E-state index < -0.39 is 0 Å². The molecule has 0 radical (unpaired) electrons. The van der Waals surface area contributed by atoms with Crippen molar-refractivity contribution in [3.8, 4) is 0 Å². The van der Waals surface area contributed by atoms with Crippen molar-refractivity contribution in [1.82, 2.24) is 10.2 Å². The van der Waals surface area contributed by atoms with Crippen molar-refractivity contribution in [1.29, 1.82) is 0 Å². The van der Waals surface area contributed by atoms with Crippen molar-refractivity contribution >= 4 is 5.91 Å². The highest BCUT2D eigenvalue weighted by Gasteiger charge is 2.17. The minimum Gasteiger partial charge on any atom is -0.353 e. The highest BCUT2D eigenvalue weighted by Crippen LogP contribution is 2.17. The van der Waals surface area contributed by atoms with Crippen molar-refractivity contribution < 1.29 is 4.79 Å². The number of carbonyl (C=O) groups is 1. The van der Waals surface area contributed by atoms with Crippen LogP contribution in [0.15, 0.2) is 30.3 Å². The Labute approximate surface area is 135 Å². The molecule has 0 aliphatic heterocycles. The Kier molecular flexibility index (Phi) is 6.91. The van der Waals surface area contributed by atoms with Crippen LogP contribution in [-0.2, 0) is 11.3 Å². The molecule has 2 rings (SSSR count). The van der Waals surface area contributed by atoms with E-state index in [1.807, 2.05) is 6.07 Å². The van der Waals surface area contributed by atoms with Gasteiger partial charge < -0.3 is 5.32 Å². The molecule has 1 aromatic rings. The first-order valence-electron chi connectivity index (χ1n) is 8.72. The Morgan fingerprint density at radius 2 is 1.86 bits per heavy atom.